The van der Waals surface area contributed by atoms with E-state index >= 15 is 0 Å². The first kappa shape index (κ1) is 11.1. The van der Waals surface area contributed by atoms with E-state index in [-0.39, 0.29) is 0 Å². The van der Waals surface area contributed by atoms with Gasteiger partial charge in [0.05, 0.1) is 0 Å². The molecule has 0 aliphatic carbocycles. The molecule has 0 bridgehead atoms. The zero-order chi connectivity index (χ0) is 11.6. The molecule has 0 heterocycles. The molecule has 0 radical (unpaired) electrons. The SMILES string of the molecule is Cc1cc(C)c(C(N)=O)c(C)c1C#[N+]O. The number of benzene rings is 1. The maximum atomic E-state index is 11.2. The Labute approximate surface area is 88.1 Å². The molecule has 0 saturated heterocycles. The normalized spacial score (nSPS) is 9.27. The molecule has 0 atom stereocenters. The fourth-order valence-corrected chi connectivity index (χ4v) is 1.79. The van der Waals surface area contributed by atoms with Crippen molar-refractivity contribution in [3.63, 3.8) is 0 Å². The lowest BCUT2D eigenvalue weighted by Gasteiger charge is -2.08. The van der Waals surface area contributed by atoms with Gasteiger partial charge in [0.2, 0.25) is 10.9 Å². The summed E-state index contributed by atoms with van der Waals surface area (Å²) in [4.78, 5) is 11.2. The van der Waals surface area contributed by atoms with Crippen LogP contribution in [0.15, 0.2) is 6.07 Å². The number of hydrogen-bond donors (Lipinski definition) is 2. The molecule has 1 amide bonds. The van der Waals surface area contributed by atoms with E-state index in [0.29, 0.717) is 16.7 Å². The summed E-state index contributed by atoms with van der Waals surface area (Å²) in [5, 5.41) is 11.3. The molecule has 0 aliphatic rings. The van der Waals surface area contributed by atoms with Crippen LogP contribution in [0, 0.1) is 26.8 Å². The lowest BCUT2D eigenvalue weighted by atomic mass is 9.94. The van der Waals surface area contributed by atoms with E-state index in [2.05, 4.69) is 11.1 Å². The van der Waals surface area contributed by atoms with E-state index in [1.165, 1.54) is 0 Å². The molecule has 0 spiro atoms. The number of primary amides is 1. The molecule has 15 heavy (non-hydrogen) atoms. The van der Waals surface area contributed by atoms with Crippen molar-refractivity contribution in [3.8, 4) is 6.07 Å². The minimum atomic E-state index is -0.481. The van der Waals surface area contributed by atoms with Gasteiger partial charge in [0.25, 0.3) is 0 Å². The highest BCUT2D eigenvalue weighted by molar-refractivity contribution is 5.96. The van der Waals surface area contributed by atoms with Crippen LogP contribution in [0.2, 0.25) is 0 Å². The van der Waals surface area contributed by atoms with Crippen molar-refractivity contribution < 1.29 is 10.0 Å². The molecule has 0 aliphatic heterocycles. The first-order valence-electron chi connectivity index (χ1n) is 4.49. The van der Waals surface area contributed by atoms with Crippen LogP contribution < -0.4 is 5.73 Å². The number of nitrogens with zero attached hydrogens (tertiary/aromatic N) is 1. The van der Waals surface area contributed by atoms with Gasteiger partial charge >= 0.3 is 6.07 Å². The van der Waals surface area contributed by atoms with Gasteiger partial charge in [0.1, 0.15) is 5.56 Å². The molecule has 1 aromatic carbocycles. The zero-order valence-corrected chi connectivity index (χ0v) is 8.96. The molecule has 1 aromatic rings. The molecule has 1 rings (SSSR count). The third-order valence-corrected chi connectivity index (χ3v) is 2.38. The Bertz CT molecular complexity index is 482. The molecule has 3 N–H and O–H groups in total. The topological polar surface area (TPSA) is 67.7 Å². The molecule has 0 unspecified atom stereocenters. The summed E-state index contributed by atoms with van der Waals surface area (Å²) in [5.41, 5.74) is 8.75. The molecule has 0 saturated carbocycles. The highest BCUT2D eigenvalue weighted by Crippen LogP contribution is 2.21. The maximum Gasteiger partial charge on any atom is 0.388 e. The van der Waals surface area contributed by atoms with Gasteiger partial charge in [0, 0.05) is 5.56 Å². The van der Waals surface area contributed by atoms with E-state index in [4.69, 9.17) is 10.9 Å². The smallest absolute Gasteiger partial charge is 0.366 e. The number of amides is 1. The zero-order valence-electron chi connectivity index (χ0n) is 8.96. The van der Waals surface area contributed by atoms with Crippen molar-refractivity contribution in [1.29, 1.82) is 0 Å². The summed E-state index contributed by atoms with van der Waals surface area (Å²) in [5.74, 6) is -0.481. The van der Waals surface area contributed by atoms with Crippen LogP contribution in [0.3, 0.4) is 0 Å². The lowest BCUT2D eigenvalue weighted by Crippen LogP contribution is -2.15. The van der Waals surface area contributed by atoms with Crippen LogP contribution >= 0.6 is 0 Å². The van der Waals surface area contributed by atoms with Gasteiger partial charge < -0.3 is 5.73 Å². The van der Waals surface area contributed by atoms with Crippen molar-refractivity contribution in [3.05, 3.63) is 38.9 Å². The van der Waals surface area contributed by atoms with Gasteiger partial charge in [-0.3, -0.25) is 4.79 Å². The molecule has 78 valence electrons. The summed E-state index contributed by atoms with van der Waals surface area (Å²) in [6.45, 7) is 5.44. The molecular weight excluding hydrogens is 192 g/mol. The Kier molecular flexibility index (Phi) is 2.96. The number of carbonyl (C=O) groups excluding carboxylic acids is 1. The van der Waals surface area contributed by atoms with Gasteiger partial charge in [-0.05, 0) is 37.5 Å². The summed E-state index contributed by atoms with van der Waals surface area (Å²) >= 11 is 0. The van der Waals surface area contributed by atoms with Crippen LogP contribution in [0.1, 0.15) is 32.6 Å². The minimum Gasteiger partial charge on any atom is -0.366 e. The molecular formula is C11H13N2O2+. The average Bonchev–Trinajstić information content (AvgIpc) is 2.11. The third-order valence-electron chi connectivity index (χ3n) is 2.38. The molecule has 0 fully saturated rings. The van der Waals surface area contributed by atoms with Crippen molar-refractivity contribution in [2.75, 3.05) is 0 Å². The predicted molar refractivity (Wildman–Crippen MR) is 57.3 cm³/mol. The third kappa shape index (κ3) is 1.91. The molecule has 4 heteroatoms. The standard InChI is InChI=1S/C11H12N2O2/c1-6-4-7(2)10(11(12)14)8(3)9(6)5-13-15/h4H,1-3H3,(H2-,12,14,15)/p+1. The van der Waals surface area contributed by atoms with E-state index in [1.54, 1.807) is 6.92 Å². The van der Waals surface area contributed by atoms with Crippen LogP contribution in [0.5, 0.6) is 0 Å². The van der Waals surface area contributed by atoms with Gasteiger partial charge in [-0.25, -0.2) is 0 Å². The van der Waals surface area contributed by atoms with Crippen molar-refractivity contribution in [2.24, 2.45) is 5.73 Å². The Morgan fingerprint density at radius 1 is 1.40 bits per heavy atom. The van der Waals surface area contributed by atoms with E-state index in [1.807, 2.05) is 19.9 Å². The quantitative estimate of drug-likeness (QED) is 0.686. The van der Waals surface area contributed by atoms with Gasteiger partial charge in [-0.15, -0.1) is 0 Å². The van der Waals surface area contributed by atoms with E-state index < -0.39 is 5.91 Å². The summed E-state index contributed by atoms with van der Waals surface area (Å²) in [6.07, 6.45) is 0. The number of aryl methyl sites for hydroxylation is 2. The number of rotatable bonds is 1. The highest BCUT2D eigenvalue weighted by Gasteiger charge is 2.16. The summed E-state index contributed by atoms with van der Waals surface area (Å²) in [6, 6.07) is 4.26. The fourth-order valence-electron chi connectivity index (χ4n) is 1.79. The fraction of sp³-hybridized carbons (Fsp3) is 0.273. The molecule has 4 nitrogen and oxygen atoms in total. The Morgan fingerprint density at radius 2 is 2.00 bits per heavy atom. The van der Waals surface area contributed by atoms with Gasteiger partial charge in [0.15, 0.2) is 0 Å². The van der Waals surface area contributed by atoms with Gasteiger partial charge in [-0.2, -0.15) is 5.21 Å². The van der Waals surface area contributed by atoms with Crippen molar-refractivity contribution in [1.82, 2.24) is 0 Å². The Balaban J connectivity index is 3.61. The second-order valence-electron chi connectivity index (χ2n) is 3.46. The molecule has 0 aromatic heterocycles. The minimum absolute atomic E-state index is 0.465. The van der Waals surface area contributed by atoms with Crippen LogP contribution in [0.25, 0.3) is 5.01 Å². The monoisotopic (exact) mass is 205 g/mol. The maximum absolute atomic E-state index is 11.2. The van der Waals surface area contributed by atoms with E-state index in [9.17, 15) is 4.79 Å². The van der Waals surface area contributed by atoms with Crippen LogP contribution in [-0.4, -0.2) is 11.1 Å². The summed E-state index contributed by atoms with van der Waals surface area (Å²) in [7, 11) is 0. The second-order valence-corrected chi connectivity index (χ2v) is 3.46. The van der Waals surface area contributed by atoms with Gasteiger partial charge in [-0.1, -0.05) is 6.07 Å². The highest BCUT2D eigenvalue weighted by atomic mass is 16.4. The first-order chi connectivity index (χ1) is 6.99. The summed E-state index contributed by atoms with van der Waals surface area (Å²) < 4.78 is 0. The predicted octanol–water partition coefficient (Wildman–Crippen LogP) is 1.78. The largest absolute Gasteiger partial charge is 0.388 e. The van der Waals surface area contributed by atoms with Crippen molar-refractivity contribution in [2.45, 2.75) is 20.8 Å². The average molecular weight is 205 g/mol. The number of hydrogen-bond acceptors (Lipinski definition) is 2. The van der Waals surface area contributed by atoms with Crippen LogP contribution in [-0.2, 0) is 0 Å². The second kappa shape index (κ2) is 4.01. The van der Waals surface area contributed by atoms with E-state index in [0.717, 1.165) is 11.1 Å². The number of nitrogens with two attached hydrogens (primary N) is 1. The Hall–Kier alpha value is -2.02. The van der Waals surface area contributed by atoms with Crippen molar-refractivity contribution >= 4 is 5.91 Å². The first-order valence-corrected chi connectivity index (χ1v) is 4.49. The lowest BCUT2D eigenvalue weighted by molar-refractivity contribution is 0.0999. The Morgan fingerprint density at radius 3 is 2.47 bits per heavy atom. The number of carbonyl (C=O) groups is 1. The van der Waals surface area contributed by atoms with Crippen LogP contribution in [0.4, 0.5) is 0 Å².